The van der Waals surface area contributed by atoms with Gasteiger partial charge < -0.3 is 5.32 Å². The Labute approximate surface area is 124 Å². The highest BCUT2D eigenvalue weighted by Gasteiger charge is 2.19. The first kappa shape index (κ1) is 15.9. The molecular weight excluding hydrogens is 274 g/mol. The molecule has 1 aliphatic carbocycles. The highest BCUT2D eigenvalue weighted by molar-refractivity contribution is 5.92. The number of amides is 1. The highest BCUT2D eigenvalue weighted by Crippen LogP contribution is 2.21. The number of rotatable bonds is 4. The molecule has 0 aliphatic heterocycles. The van der Waals surface area contributed by atoms with Crippen LogP contribution in [0.5, 0.6) is 0 Å². The van der Waals surface area contributed by atoms with E-state index in [9.17, 15) is 13.6 Å². The number of anilines is 1. The van der Waals surface area contributed by atoms with Crippen molar-refractivity contribution < 1.29 is 13.6 Å². The lowest BCUT2D eigenvalue weighted by molar-refractivity contribution is -0.117. The van der Waals surface area contributed by atoms with Gasteiger partial charge in [-0.2, -0.15) is 0 Å². The summed E-state index contributed by atoms with van der Waals surface area (Å²) in [6, 6.07) is 3.44. The molecule has 0 aromatic heterocycles. The van der Waals surface area contributed by atoms with Gasteiger partial charge in [-0.05, 0) is 32.0 Å². The van der Waals surface area contributed by atoms with Gasteiger partial charge in [0.1, 0.15) is 11.6 Å². The summed E-state index contributed by atoms with van der Waals surface area (Å²) in [4.78, 5) is 14.0. The van der Waals surface area contributed by atoms with Gasteiger partial charge in [-0.25, -0.2) is 8.78 Å². The Bertz CT molecular complexity index is 465. The van der Waals surface area contributed by atoms with Crippen molar-refractivity contribution in [3.63, 3.8) is 0 Å². The second kappa shape index (κ2) is 7.50. The van der Waals surface area contributed by atoms with Crippen molar-refractivity contribution in [2.45, 2.75) is 44.6 Å². The predicted octanol–water partition coefficient (Wildman–Crippen LogP) is 3.56. The maximum absolute atomic E-state index is 13.1. The van der Waals surface area contributed by atoms with Crippen molar-refractivity contribution in [3.05, 3.63) is 29.8 Å². The van der Waals surface area contributed by atoms with Gasteiger partial charge in [0.15, 0.2) is 0 Å². The second-order valence-corrected chi connectivity index (χ2v) is 5.77. The first-order valence-electron chi connectivity index (χ1n) is 7.51. The average Bonchev–Trinajstić information content (AvgIpc) is 2.65. The van der Waals surface area contributed by atoms with E-state index in [0.717, 1.165) is 31.0 Å². The Balaban J connectivity index is 1.88. The molecule has 0 unspecified atom stereocenters. The first-order valence-corrected chi connectivity index (χ1v) is 7.51. The number of hydrogen-bond donors (Lipinski definition) is 1. The number of halogens is 2. The van der Waals surface area contributed by atoms with Crippen molar-refractivity contribution >= 4 is 11.6 Å². The van der Waals surface area contributed by atoms with Crippen molar-refractivity contribution in [2.24, 2.45) is 0 Å². The van der Waals surface area contributed by atoms with Crippen LogP contribution in [0.15, 0.2) is 18.2 Å². The van der Waals surface area contributed by atoms with Crippen LogP contribution in [-0.2, 0) is 4.79 Å². The minimum atomic E-state index is -0.692. The lowest BCUT2D eigenvalue weighted by Gasteiger charge is -2.26. The Morgan fingerprint density at radius 1 is 1.14 bits per heavy atom. The van der Waals surface area contributed by atoms with Crippen LogP contribution in [-0.4, -0.2) is 30.4 Å². The van der Waals surface area contributed by atoms with Crippen LogP contribution in [0.1, 0.15) is 38.5 Å². The molecular formula is C16H22F2N2O. The van der Waals surface area contributed by atoms with Gasteiger partial charge in [-0.1, -0.05) is 25.7 Å². The third kappa shape index (κ3) is 5.08. The molecule has 1 fully saturated rings. The molecule has 0 atom stereocenters. The standard InChI is InChI=1S/C16H22F2N2O/c1-20(15-6-4-2-3-5-7-15)11-16(21)19-14-9-12(17)8-13(18)10-14/h8-10,15H,2-7,11H2,1H3,(H,19,21). The zero-order valence-corrected chi connectivity index (χ0v) is 12.4. The fourth-order valence-electron chi connectivity index (χ4n) is 2.88. The topological polar surface area (TPSA) is 32.3 Å². The maximum Gasteiger partial charge on any atom is 0.238 e. The molecule has 5 heteroatoms. The number of nitrogens with zero attached hydrogens (tertiary/aromatic N) is 1. The Morgan fingerprint density at radius 2 is 1.71 bits per heavy atom. The average molecular weight is 296 g/mol. The summed E-state index contributed by atoms with van der Waals surface area (Å²) in [5, 5.41) is 2.55. The summed E-state index contributed by atoms with van der Waals surface area (Å²) in [5.41, 5.74) is 0.159. The third-order valence-electron chi connectivity index (χ3n) is 3.99. The highest BCUT2D eigenvalue weighted by atomic mass is 19.1. The lowest BCUT2D eigenvalue weighted by Crippen LogP contribution is -2.37. The van der Waals surface area contributed by atoms with Gasteiger partial charge in [0.05, 0.1) is 6.54 Å². The van der Waals surface area contributed by atoms with Crippen LogP contribution in [0.2, 0.25) is 0 Å². The van der Waals surface area contributed by atoms with E-state index in [1.807, 2.05) is 11.9 Å². The summed E-state index contributed by atoms with van der Waals surface area (Å²) in [7, 11) is 1.93. The molecule has 21 heavy (non-hydrogen) atoms. The summed E-state index contributed by atoms with van der Waals surface area (Å²) >= 11 is 0. The van der Waals surface area contributed by atoms with Crippen LogP contribution in [0.4, 0.5) is 14.5 Å². The van der Waals surface area contributed by atoms with Gasteiger partial charge in [-0.3, -0.25) is 9.69 Å². The number of hydrogen-bond acceptors (Lipinski definition) is 2. The lowest BCUT2D eigenvalue weighted by atomic mass is 10.1. The van der Waals surface area contributed by atoms with E-state index >= 15 is 0 Å². The quantitative estimate of drug-likeness (QED) is 0.862. The number of carbonyl (C=O) groups is 1. The van der Waals surface area contributed by atoms with E-state index in [0.29, 0.717) is 6.04 Å². The van der Waals surface area contributed by atoms with E-state index in [-0.39, 0.29) is 18.1 Å². The molecule has 0 heterocycles. The fourth-order valence-corrected chi connectivity index (χ4v) is 2.88. The van der Waals surface area contributed by atoms with Crippen molar-refractivity contribution in [3.8, 4) is 0 Å². The maximum atomic E-state index is 13.1. The Morgan fingerprint density at radius 3 is 2.29 bits per heavy atom. The molecule has 2 rings (SSSR count). The number of nitrogens with one attached hydrogen (secondary N) is 1. The van der Waals surface area contributed by atoms with Gasteiger partial charge in [-0.15, -0.1) is 0 Å². The van der Waals surface area contributed by atoms with Crippen molar-refractivity contribution in [2.75, 3.05) is 18.9 Å². The van der Waals surface area contributed by atoms with E-state index in [4.69, 9.17) is 0 Å². The van der Waals surface area contributed by atoms with E-state index < -0.39 is 11.6 Å². The molecule has 3 nitrogen and oxygen atoms in total. The molecule has 0 spiro atoms. The molecule has 1 aromatic rings. The van der Waals surface area contributed by atoms with E-state index in [2.05, 4.69) is 5.32 Å². The molecule has 1 N–H and O–H groups in total. The van der Waals surface area contributed by atoms with Gasteiger partial charge >= 0.3 is 0 Å². The number of carbonyl (C=O) groups excluding carboxylic acids is 1. The van der Waals surface area contributed by atoms with Crippen molar-refractivity contribution in [1.29, 1.82) is 0 Å². The van der Waals surface area contributed by atoms with Crippen molar-refractivity contribution in [1.82, 2.24) is 4.90 Å². The second-order valence-electron chi connectivity index (χ2n) is 5.77. The zero-order valence-electron chi connectivity index (χ0n) is 12.4. The fraction of sp³-hybridized carbons (Fsp3) is 0.562. The summed E-state index contributed by atoms with van der Waals surface area (Å²) < 4.78 is 26.2. The normalized spacial score (nSPS) is 16.8. The van der Waals surface area contributed by atoms with Gasteiger partial charge in [0.25, 0.3) is 0 Å². The molecule has 116 valence electrons. The smallest absolute Gasteiger partial charge is 0.238 e. The molecule has 0 bridgehead atoms. The van der Waals surface area contributed by atoms with Gasteiger partial charge in [0, 0.05) is 17.8 Å². The first-order chi connectivity index (χ1) is 10.0. The molecule has 1 saturated carbocycles. The SMILES string of the molecule is CN(CC(=O)Nc1cc(F)cc(F)c1)C1CCCCCC1. The van der Waals surface area contributed by atoms with E-state index in [1.165, 1.54) is 25.7 Å². The molecule has 1 amide bonds. The molecule has 1 aliphatic rings. The minimum absolute atomic E-state index is 0.159. The Kier molecular flexibility index (Phi) is 5.67. The van der Waals surface area contributed by atoms with Crippen LogP contribution in [0.3, 0.4) is 0 Å². The molecule has 1 aromatic carbocycles. The minimum Gasteiger partial charge on any atom is -0.325 e. The van der Waals surface area contributed by atoms with Crippen LogP contribution in [0.25, 0.3) is 0 Å². The summed E-state index contributed by atoms with van der Waals surface area (Å²) in [5.74, 6) is -1.63. The zero-order chi connectivity index (χ0) is 15.2. The van der Waals surface area contributed by atoms with E-state index in [1.54, 1.807) is 0 Å². The summed E-state index contributed by atoms with van der Waals surface area (Å²) in [6.45, 7) is 0.239. The van der Waals surface area contributed by atoms with Crippen LogP contribution < -0.4 is 5.32 Å². The molecule has 0 saturated heterocycles. The number of benzene rings is 1. The monoisotopic (exact) mass is 296 g/mol. The third-order valence-corrected chi connectivity index (χ3v) is 3.99. The summed E-state index contributed by atoms with van der Waals surface area (Å²) in [6.07, 6.45) is 7.15. The Hall–Kier alpha value is -1.49. The van der Waals surface area contributed by atoms with Crippen LogP contribution in [0, 0.1) is 11.6 Å². The van der Waals surface area contributed by atoms with Gasteiger partial charge in [0.2, 0.25) is 5.91 Å². The molecule has 0 radical (unpaired) electrons. The van der Waals surface area contributed by atoms with Crippen LogP contribution >= 0.6 is 0 Å². The predicted molar refractivity (Wildman–Crippen MR) is 79.1 cm³/mol. The number of likely N-dealkylation sites (N-methyl/N-ethyl adjacent to an activating group) is 1. The largest absolute Gasteiger partial charge is 0.325 e.